The number of nitrogens with zero attached hydrogens (tertiary/aromatic N) is 1. The van der Waals surface area contributed by atoms with Crippen LogP contribution in [0.15, 0.2) is 36.5 Å². The minimum absolute atomic E-state index is 0.0388. The molecule has 0 radical (unpaired) electrons. The third-order valence-corrected chi connectivity index (χ3v) is 2.71. The predicted molar refractivity (Wildman–Crippen MR) is 66.4 cm³/mol. The minimum Gasteiger partial charge on any atom is -0.477 e. The number of halogens is 1. The van der Waals surface area contributed by atoms with Crippen LogP contribution in [0.2, 0.25) is 5.02 Å². The summed E-state index contributed by atoms with van der Waals surface area (Å²) in [5, 5.41) is 9.55. The highest BCUT2D eigenvalue weighted by Gasteiger charge is 2.08. The molecule has 0 bridgehead atoms. The zero-order valence-corrected chi connectivity index (χ0v) is 9.90. The summed E-state index contributed by atoms with van der Waals surface area (Å²) in [5.41, 5.74) is 2.82. The summed E-state index contributed by atoms with van der Waals surface area (Å²) in [6.45, 7) is 1.93. The molecule has 0 aliphatic heterocycles. The zero-order valence-electron chi connectivity index (χ0n) is 9.14. The molecule has 1 aromatic heterocycles. The van der Waals surface area contributed by atoms with E-state index in [4.69, 9.17) is 16.7 Å². The van der Waals surface area contributed by atoms with Gasteiger partial charge in [0.15, 0.2) is 0 Å². The molecule has 4 heteroatoms. The first-order valence-corrected chi connectivity index (χ1v) is 5.41. The fourth-order valence-electron chi connectivity index (χ4n) is 1.67. The number of aromatic nitrogens is 1. The highest BCUT2D eigenvalue weighted by Crippen LogP contribution is 2.25. The fourth-order valence-corrected chi connectivity index (χ4v) is 1.89. The van der Waals surface area contributed by atoms with Crippen molar-refractivity contribution in [2.45, 2.75) is 6.92 Å². The Morgan fingerprint density at radius 1 is 1.29 bits per heavy atom. The second-order valence-electron chi connectivity index (χ2n) is 3.69. The van der Waals surface area contributed by atoms with E-state index in [-0.39, 0.29) is 5.69 Å². The summed E-state index contributed by atoms with van der Waals surface area (Å²) in [7, 11) is 0. The lowest BCUT2D eigenvalue weighted by atomic mass is 10.0. The number of carbonyl (C=O) groups is 1. The molecular formula is C13H10ClNO2. The number of rotatable bonds is 2. The average molecular weight is 248 g/mol. The summed E-state index contributed by atoms with van der Waals surface area (Å²) >= 11 is 5.88. The fraction of sp³-hybridized carbons (Fsp3) is 0.0769. The van der Waals surface area contributed by atoms with Crippen molar-refractivity contribution in [2.24, 2.45) is 0 Å². The van der Waals surface area contributed by atoms with Gasteiger partial charge in [0, 0.05) is 11.2 Å². The van der Waals surface area contributed by atoms with Gasteiger partial charge in [-0.2, -0.15) is 0 Å². The molecule has 86 valence electrons. The Morgan fingerprint density at radius 3 is 2.71 bits per heavy atom. The molecule has 0 saturated heterocycles. The van der Waals surface area contributed by atoms with E-state index in [1.54, 1.807) is 18.2 Å². The van der Waals surface area contributed by atoms with Gasteiger partial charge >= 0.3 is 5.97 Å². The van der Waals surface area contributed by atoms with Crippen LogP contribution in [0.1, 0.15) is 16.1 Å². The van der Waals surface area contributed by atoms with Gasteiger partial charge in [0.25, 0.3) is 0 Å². The van der Waals surface area contributed by atoms with Crippen LogP contribution in [-0.4, -0.2) is 16.1 Å². The standard InChI is InChI=1S/C13H10ClNO2/c1-8-6-10(14)2-3-11(8)9-4-5-15-12(7-9)13(16)17/h2-7H,1H3,(H,16,17). The highest BCUT2D eigenvalue weighted by atomic mass is 35.5. The van der Waals surface area contributed by atoms with Gasteiger partial charge in [-0.1, -0.05) is 17.7 Å². The molecule has 0 aliphatic carbocycles. The van der Waals surface area contributed by atoms with Crippen molar-refractivity contribution in [1.29, 1.82) is 0 Å². The summed E-state index contributed by atoms with van der Waals surface area (Å²) < 4.78 is 0. The van der Waals surface area contributed by atoms with Crippen molar-refractivity contribution in [3.8, 4) is 11.1 Å². The van der Waals surface area contributed by atoms with Crippen LogP contribution in [0.3, 0.4) is 0 Å². The smallest absolute Gasteiger partial charge is 0.354 e. The Labute approximate surface area is 104 Å². The second-order valence-corrected chi connectivity index (χ2v) is 4.13. The van der Waals surface area contributed by atoms with E-state index in [1.165, 1.54) is 6.20 Å². The summed E-state index contributed by atoms with van der Waals surface area (Å²) in [6, 6.07) is 8.84. The van der Waals surface area contributed by atoms with E-state index in [9.17, 15) is 4.79 Å². The highest BCUT2D eigenvalue weighted by molar-refractivity contribution is 6.30. The molecule has 1 heterocycles. The van der Waals surface area contributed by atoms with Gasteiger partial charge in [-0.3, -0.25) is 0 Å². The lowest BCUT2D eigenvalue weighted by Crippen LogP contribution is -1.99. The Kier molecular flexibility index (Phi) is 3.11. The van der Waals surface area contributed by atoms with Crippen LogP contribution in [-0.2, 0) is 0 Å². The van der Waals surface area contributed by atoms with Crippen molar-refractivity contribution >= 4 is 17.6 Å². The lowest BCUT2D eigenvalue weighted by molar-refractivity contribution is 0.0690. The van der Waals surface area contributed by atoms with Gasteiger partial charge in [-0.15, -0.1) is 0 Å². The first kappa shape index (κ1) is 11.6. The molecule has 2 aromatic rings. The molecule has 0 fully saturated rings. The van der Waals surface area contributed by atoms with E-state index >= 15 is 0 Å². The largest absolute Gasteiger partial charge is 0.477 e. The van der Waals surface area contributed by atoms with Crippen molar-refractivity contribution < 1.29 is 9.90 Å². The Balaban J connectivity index is 2.53. The first-order chi connectivity index (χ1) is 8.08. The Bertz CT molecular complexity index is 581. The zero-order chi connectivity index (χ0) is 12.4. The molecule has 2 rings (SSSR count). The van der Waals surface area contributed by atoms with E-state index in [1.807, 2.05) is 19.1 Å². The molecule has 0 spiro atoms. The van der Waals surface area contributed by atoms with Crippen molar-refractivity contribution in [2.75, 3.05) is 0 Å². The number of aryl methyl sites for hydroxylation is 1. The SMILES string of the molecule is Cc1cc(Cl)ccc1-c1ccnc(C(=O)O)c1. The average Bonchev–Trinajstić information content (AvgIpc) is 2.29. The number of pyridine rings is 1. The molecule has 0 atom stereocenters. The van der Waals surface area contributed by atoms with Gasteiger partial charge in [-0.25, -0.2) is 9.78 Å². The van der Waals surface area contributed by atoms with Crippen LogP contribution in [0.5, 0.6) is 0 Å². The second kappa shape index (κ2) is 4.55. The molecule has 3 nitrogen and oxygen atoms in total. The van der Waals surface area contributed by atoms with Gasteiger partial charge in [0.05, 0.1) is 0 Å². The first-order valence-electron chi connectivity index (χ1n) is 5.04. The van der Waals surface area contributed by atoms with Crippen LogP contribution in [0, 0.1) is 6.92 Å². The van der Waals surface area contributed by atoms with E-state index in [0.29, 0.717) is 5.02 Å². The van der Waals surface area contributed by atoms with Gasteiger partial charge in [0.2, 0.25) is 0 Å². The van der Waals surface area contributed by atoms with Gasteiger partial charge < -0.3 is 5.11 Å². The van der Waals surface area contributed by atoms with Gasteiger partial charge in [-0.05, 0) is 47.9 Å². The monoisotopic (exact) mass is 247 g/mol. The normalized spacial score (nSPS) is 10.2. The quantitative estimate of drug-likeness (QED) is 0.885. The number of aromatic carboxylic acids is 1. The summed E-state index contributed by atoms with van der Waals surface area (Å²) in [5.74, 6) is -1.03. The van der Waals surface area contributed by atoms with Crippen molar-refractivity contribution in [3.63, 3.8) is 0 Å². The molecule has 0 unspecified atom stereocenters. The topological polar surface area (TPSA) is 50.2 Å². The molecule has 1 N–H and O–H groups in total. The lowest BCUT2D eigenvalue weighted by Gasteiger charge is -2.06. The summed E-state index contributed by atoms with van der Waals surface area (Å²) in [6.07, 6.45) is 1.49. The van der Waals surface area contributed by atoms with Crippen LogP contribution >= 0.6 is 11.6 Å². The summed E-state index contributed by atoms with van der Waals surface area (Å²) in [4.78, 5) is 14.6. The number of benzene rings is 1. The van der Waals surface area contributed by atoms with E-state index < -0.39 is 5.97 Å². The number of carboxylic acid groups (broad SMARTS) is 1. The molecule has 0 aliphatic rings. The number of carboxylic acids is 1. The van der Waals surface area contributed by atoms with Crippen LogP contribution in [0.25, 0.3) is 11.1 Å². The van der Waals surface area contributed by atoms with Gasteiger partial charge in [0.1, 0.15) is 5.69 Å². The molecule has 1 aromatic carbocycles. The van der Waals surface area contributed by atoms with Crippen LogP contribution < -0.4 is 0 Å². The number of hydrogen-bond acceptors (Lipinski definition) is 2. The number of hydrogen-bond donors (Lipinski definition) is 1. The molecule has 0 amide bonds. The van der Waals surface area contributed by atoms with Crippen LogP contribution in [0.4, 0.5) is 0 Å². The van der Waals surface area contributed by atoms with Crippen molar-refractivity contribution in [1.82, 2.24) is 4.98 Å². The minimum atomic E-state index is -1.03. The molecule has 0 saturated carbocycles. The van der Waals surface area contributed by atoms with Crippen molar-refractivity contribution in [3.05, 3.63) is 52.8 Å². The third kappa shape index (κ3) is 2.45. The van der Waals surface area contributed by atoms with E-state index in [2.05, 4.69) is 4.98 Å². The Morgan fingerprint density at radius 2 is 2.06 bits per heavy atom. The predicted octanol–water partition coefficient (Wildman–Crippen LogP) is 3.41. The molecular weight excluding hydrogens is 238 g/mol. The maximum Gasteiger partial charge on any atom is 0.354 e. The molecule has 17 heavy (non-hydrogen) atoms. The van der Waals surface area contributed by atoms with E-state index in [0.717, 1.165) is 16.7 Å². The Hall–Kier alpha value is -1.87. The third-order valence-electron chi connectivity index (χ3n) is 2.48. The maximum atomic E-state index is 10.8. The maximum absolute atomic E-state index is 10.8.